The average molecular weight is 357 g/mol. The number of piperidine rings is 1. The van der Waals surface area contributed by atoms with E-state index in [9.17, 15) is 0 Å². The molecule has 0 spiro atoms. The van der Waals surface area contributed by atoms with Crippen molar-refractivity contribution in [3.63, 3.8) is 0 Å². The molecule has 4 heteroatoms. The van der Waals surface area contributed by atoms with Crippen molar-refractivity contribution in [3.8, 4) is 11.1 Å². The van der Waals surface area contributed by atoms with E-state index in [1.807, 2.05) is 23.9 Å². The molecule has 3 heterocycles. The van der Waals surface area contributed by atoms with E-state index in [4.69, 9.17) is 11.6 Å². The lowest BCUT2D eigenvalue weighted by Crippen LogP contribution is -2.44. The Labute approximate surface area is 152 Å². The quantitative estimate of drug-likeness (QED) is 0.792. The monoisotopic (exact) mass is 356 g/mol. The van der Waals surface area contributed by atoms with E-state index >= 15 is 0 Å². The summed E-state index contributed by atoms with van der Waals surface area (Å²) in [6, 6.07) is 13.7. The van der Waals surface area contributed by atoms with Crippen molar-refractivity contribution in [2.75, 3.05) is 30.3 Å². The predicted octanol–water partition coefficient (Wildman–Crippen LogP) is 4.77. The van der Waals surface area contributed by atoms with Crippen molar-refractivity contribution < 1.29 is 0 Å². The predicted molar refractivity (Wildman–Crippen MR) is 104 cm³/mol. The van der Waals surface area contributed by atoms with Gasteiger partial charge in [-0.1, -0.05) is 29.8 Å². The Kier molecular flexibility index (Phi) is 3.77. The first-order valence-corrected chi connectivity index (χ1v) is 10.2. The lowest BCUT2D eigenvalue weighted by Gasteiger charge is -2.33. The standard InChI is InChI=1S/C20H21ClN2S/c21-17-5-2-1-4-14(17)13-10-15-16-12-22-7-6-18(16)23-8-3-9-24-19(11-13)20(15)23/h1-2,4-5,10-11,16,18,22H,3,6-9,12H2/t16-,18-/m0/s1. The summed E-state index contributed by atoms with van der Waals surface area (Å²) in [6.07, 6.45) is 2.53. The summed E-state index contributed by atoms with van der Waals surface area (Å²) in [5, 5.41) is 4.45. The maximum Gasteiger partial charge on any atom is 0.0544 e. The van der Waals surface area contributed by atoms with Gasteiger partial charge in [0.15, 0.2) is 0 Å². The molecule has 0 saturated carbocycles. The van der Waals surface area contributed by atoms with E-state index in [1.165, 1.54) is 46.8 Å². The number of nitrogens with zero attached hydrogens (tertiary/aromatic N) is 1. The summed E-state index contributed by atoms with van der Waals surface area (Å²) in [5.74, 6) is 1.83. The van der Waals surface area contributed by atoms with Gasteiger partial charge in [-0.3, -0.25) is 0 Å². The number of thioether (sulfide) groups is 1. The van der Waals surface area contributed by atoms with Gasteiger partial charge in [0.05, 0.1) is 5.69 Å². The minimum absolute atomic E-state index is 0.619. The zero-order valence-electron chi connectivity index (χ0n) is 13.6. The molecular formula is C20H21ClN2S. The third-order valence-corrected chi connectivity index (χ3v) is 7.07. The van der Waals surface area contributed by atoms with Crippen LogP contribution in [0.2, 0.25) is 5.02 Å². The van der Waals surface area contributed by atoms with Crippen LogP contribution in [0.25, 0.3) is 11.1 Å². The molecule has 5 rings (SSSR count). The molecule has 124 valence electrons. The van der Waals surface area contributed by atoms with Crippen molar-refractivity contribution >= 4 is 29.1 Å². The third-order valence-electron chi connectivity index (χ3n) is 5.62. The van der Waals surface area contributed by atoms with E-state index in [0.717, 1.165) is 23.7 Å². The highest BCUT2D eigenvalue weighted by Crippen LogP contribution is 2.51. The average Bonchev–Trinajstić information content (AvgIpc) is 2.77. The lowest BCUT2D eigenvalue weighted by atomic mass is 9.88. The smallest absolute Gasteiger partial charge is 0.0544 e. The fraction of sp³-hybridized carbons (Fsp3) is 0.400. The normalized spacial score (nSPS) is 25.1. The largest absolute Gasteiger partial charge is 0.367 e. The van der Waals surface area contributed by atoms with Crippen LogP contribution in [-0.2, 0) is 0 Å². The second kappa shape index (κ2) is 5.98. The molecule has 0 radical (unpaired) electrons. The topological polar surface area (TPSA) is 15.3 Å². The first-order valence-electron chi connectivity index (χ1n) is 8.86. The van der Waals surface area contributed by atoms with Crippen molar-refractivity contribution in [2.45, 2.75) is 29.7 Å². The summed E-state index contributed by atoms with van der Waals surface area (Å²) in [5.41, 5.74) is 5.48. The minimum Gasteiger partial charge on any atom is -0.367 e. The fourth-order valence-electron chi connectivity index (χ4n) is 4.58. The molecule has 0 aromatic heterocycles. The van der Waals surface area contributed by atoms with Gasteiger partial charge < -0.3 is 10.2 Å². The number of rotatable bonds is 1. The molecule has 0 aliphatic carbocycles. The summed E-state index contributed by atoms with van der Waals surface area (Å²) in [4.78, 5) is 4.17. The van der Waals surface area contributed by atoms with Gasteiger partial charge in [0.2, 0.25) is 0 Å². The SMILES string of the molecule is Clc1ccccc1-c1cc2c3c(c1)[C@@H]1CNCC[C@@H]1N3CCCS2. The van der Waals surface area contributed by atoms with Crippen LogP contribution >= 0.6 is 23.4 Å². The Hall–Kier alpha value is -1.16. The first kappa shape index (κ1) is 15.1. The molecule has 0 unspecified atom stereocenters. The Balaban J connectivity index is 1.70. The Morgan fingerprint density at radius 2 is 2.12 bits per heavy atom. The third kappa shape index (κ3) is 2.29. The van der Waals surface area contributed by atoms with E-state index < -0.39 is 0 Å². The Morgan fingerprint density at radius 3 is 3.04 bits per heavy atom. The van der Waals surface area contributed by atoms with Crippen molar-refractivity contribution in [1.82, 2.24) is 5.32 Å². The van der Waals surface area contributed by atoms with Gasteiger partial charge in [-0.15, -0.1) is 11.8 Å². The van der Waals surface area contributed by atoms with Gasteiger partial charge in [-0.25, -0.2) is 0 Å². The zero-order chi connectivity index (χ0) is 16.1. The molecule has 3 aliphatic heterocycles. The van der Waals surface area contributed by atoms with Crippen LogP contribution in [0.15, 0.2) is 41.3 Å². The van der Waals surface area contributed by atoms with E-state index in [1.54, 1.807) is 0 Å². The molecule has 2 aromatic rings. The number of hydrogen-bond acceptors (Lipinski definition) is 3. The molecule has 1 fully saturated rings. The second-order valence-corrected chi connectivity index (χ2v) is 8.50. The van der Waals surface area contributed by atoms with Crippen LogP contribution < -0.4 is 10.2 Å². The summed E-state index contributed by atoms with van der Waals surface area (Å²) < 4.78 is 0. The summed E-state index contributed by atoms with van der Waals surface area (Å²) in [6.45, 7) is 3.45. The molecule has 2 nitrogen and oxygen atoms in total. The van der Waals surface area contributed by atoms with Gasteiger partial charge in [0.1, 0.15) is 0 Å². The first-order chi connectivity index (χ1) is 11.8. The van der Waals surface area contributed by atoms with Gasteiger partial charge in [-0.05, 0) is 54.5 Å². The van der Waals surface area contributed by atoms with Gasteiger partial charge in [0.25, 0.3) is 0 Å². The maximum absolute atomic E-state index is 6.49. The van der Waals surface area contributed by atoms with E-state index in [-0.39, 0.29) is 0 Å². The zero-order valence-corrected chi connectivity index (χ0v) is 15.2. The molecule has 2 atom stereocenters. The number of benzene rings is 2. The number of anilines is 1. The molecular weight excluding hydrogens is 336 g/mol. The molecule has 1 saturated heterocycles. The van der Waals surface area contributed by atoms with Gasteiger partial charge >= 0.3 is 0 Å². The van der Waals surface area contributed by atoms with Crippen LogP contribution in [0, 0.1) is 0 Å². The fourth-order valence-corrected chi connectivity index (χ4v) is 5.90. The summed E-state index contributed by atoms with van der Waals surface area (Å²) in [7, 11) is 0. The molecule has 3 aliphatic rings. The minimum atomic E-state index is 0.619. The molecule has 0 amide bonds. The van der Waals surface area contributed by atoms with E-state index in [2.05, 4.69) is 34.5 Å². The molecule has 2 aromatic carbocycles. The van der Waals surface area contributed by atoms with Crippen LogP contribution in [0.1, 0.15) is 24.3 Å². The molecule has 1 N–H and O–H groups in total. The van der Waals surface area contributed by atoms with Crippen LogP contribution in [0.5, 0.6) is 0 Å². The highest BCUT2D eigenvalue weighted by atomic mass is 35.5. The number of fused-ring (bicyclic) bond motifs is 3. The summed E-state index contributed by atoms with van der Waals surface area (Å²) >= 11 is 8.51. The van der Waals surface area contributed by atoms with Crippen molar-refractivity contribution in [2.24, 2.45) is 0 Å². The van der Waals surface area contributed by atoms with E-state index in [0.29, 0.717) is 12.0 Å². The maximum atomic E-state index is 6.49. The molecule has 0 bridgehead atoms. The van der Waals surface area contributed by atoms with Crippen LogP contribution in [-0.4, -0.2) is 31.4 Å². The van der Waals surface area contributed by atoms with Gasteiger partial charge in [0, 0.05) is 40.5 Å². The Morgan fingerprint density at radius 1 is 1.21 bits per heavy atom. The number of nitrogens with one attached hydrogen (secondary N) is 1. The second-order valence-electron chi connectivity index (χ2n) is 6.95. The lowest BCUT2D eigenvalue weighted by molar-refractivity contribution is 0.403. The Bertz CT molecular complexity index is 791. The number of hydrogen-bond donors (Lipinski definition) is 1. The highest BCUT2D eigenvalue weighted by Gasteiger charge is 2.41. The number of halogens is 1. The molecule has 24 heavy (non-hydrogen) atoms. The highest BCUT2D eigenvalue weighted by molar-refractivity contribution is 7.99. The van der Waals surface area contributed by atoms with Gasteiger partial charge in [-0.2, -0.15) is 0 Å². The van der Waals surface area contributed by atoms with Crippen LogP contribution in [0.3, 0.4) is 0 Å². The van der Waals surface area contributed by atoms with Crippen molar-refractivity contribution in [1.29, 1.82) is 0 Å². The van der Waals surface area contributed by atoms with Crippen molar-refractivity contribution in [3.05, 3.63) is 47.0 Å². The van der Waals surface area contributed by atoms with Crippen LogP contribution in [0.4, 0.5) is 5.69 Å².